The van der Waals surface area contributed by atoms with Gasteiger partial charge in [0.2, 0.25) is 0 Å². The zero-order chi connectivity index (χ0) is 20.5. The fourth-order valence-electron chi connectivity index (χ4n) is 3.55. The molecule has 1 amide bonds. The highest BCUT2D eigenvalue weighted by molar-refractivity contribution is 8.00. The molecule has 6 heteroatoms. The molecule has 0 heterocycles. The van der Waals surface area contributed by atoms with Crippen LogP contribution < -0.4 is 5.32 Å². The molecule has 0 atom stereocenters. The van der Waals surface area contributed by atoms with Gasteiger partial charge in [0.05, 0.1) is 5.02 Å². The smallest absolute Gasteiger partial charge is 0.255 e. The van der Waals surface area contributed by atoms with E-state index in [2.05, 4.69) is 12.2 Å². The number of thioether (sulfide) groups is 1. The first-order valence-electron chi connectivity index (χ1n) is 9.29. The maximum absolute atomic E-state index is 13.3. The zero-order valence-corrected chi connectivity index (χ0v) is 17.7. The molecule has 28 heavy (non-hydrogen) atoms. The molecule has 0 spiro atoms. The van der Waals surface area contributed by atoms with Crippen LogP contribution in [0.15, 0.2) is 41.3 Å². The fourth-order valence-corrected chi connectivity index (χ4v) is 5.34. The third-order valence-electron chi connectivity index (χ3n) is 5.58. The van der Waals surface area contributed by atoms with Crippen LogP contribution in [-0.4, -0.2) is 16.9 Å². The fraction of sp³-hybridized carbons (Fsp3) is 0.364. The zero-order valence-electron chi connectivity index (χ0n) is 16.1. The second kappa shape index (κ2) is 8.26. The summed E-state index contributed by atoms with van der Waals surface area (Å²) in [4.78, 5) is 25.5. The first-order valence-corrected chi connectivity index (χ1v) is 10.5. The number of hydrogen-bond acceptors (Lipinski definition) is 3. The molecule has 0 bridgehead atoms. The molecule has 1 aliphatic rings. The van der Waals surface area contributed by atoms with Gasteiger partial charge >= 0.3 is 0 Å². The Balaban J connectivity index is 1.70. The van der Waals surface area contributed by atoms with Crippen molar-refractivity contribution >= 4 is 40.7 Å². The SMILES string of the molecule is CCC1(C(C)=O)CC(Sc2cc(C(=O)Nc3ccc(F)c(Cl)c3)ccc2C)C1. The number of amides is 1. The molecule has 3 nitrogen and oxygen atoms in total. The third-order valence-corrected chi connectivity index (χ3v) is 7.23. The van der Waals surface area contributed by atoms with Crippen LogP contribution in [0.5, 0.6) is 0 Å². The van der Waals surface area contributed by atoms with Crippen LogP contribution >= 0.6 is 23.4 Å². The Morgan fingerprint density at radius 3 is 2.57 bits per heavy atom. The van der Waals surface area contributed by atoms with Crippen molar-refractivity contribution in [2.24, 2.45) is 5.41 Å². The van der Waals surface area contributed by atoms with Crippen molar-refractivity contribution in [1.29, 1.82) is 0 Å². The summed E-state index contributed by atoms with van der Waals surface area (Å²) in [5.41, 5.74) is 1.91. The highest BCUT2D eigenvalue weighted by Crippen LogP contribution is 2.52. The maximum Gasteiger partial charge on any atom is 0.255 e. The van der Waals surface area contributed by atoms with Crippen molar-refractivity contribution < 1.29 is 14.0 Å². The monoisotopic (exact) mass is 419 g/mol. The minimum atomic E-state index is -0.525. The van der Waals surface area contributed by atoms with Crippen molar-refractivity contribution in [3.8, 4) is 0 Å². The van der Waals surface area contributed by atoms with Crippen molar-refractivity contribution in [3.63, 3.8) is 0 Å². The predicted molar refractivity (Wildman–Crippen MR) is 113 cm³/mol. The van der Waals surface area contributed by atoms with E-state index >= 15 is 0 Å². The molecule has 1 N–H and O–H groups in total. The van der Waals surface area contributed by atoms with Gasteiger partial charge < -0.3 is 5.32 Å². The van der Waals surface area contributed by atoms with Crippen molar-refractivity contribution in [2.75, 3.05) is 5.32 Å². The van der Waals surface area contributed by atoms with Crippen LogP contribution in [0.25, 0.3) is 0 Å². The van der Waals surface area contributed by atoms with E-state index in [9.17, 15) is 14.0 Å². The van der Waals surface area contributed by atoms with Crippen molar-refractivity contribution in [1.82, 2.24) is 0 Å². The molecule has 2 aromatic carbocycles. The molecule has 1 aliphatic carbocycles. The Kier molecular flexibility index (Phi) is 6.15. The van der Waals surface area contributed by atoms with Crippen molar-refractivity contribution in [3.05, 3.63) is 58.4 Å². The first-order chi connectivity index (χ1) is 13.2. The van der Waals surface area contributed by atoms with E-state index in [4.69, 9.17) is 11.6 Å². The Hall–Kier alpha value is -1.85. The van der Waals surface area contributed by atoms with Gasteiger partial charge in [-0.1, -0.05) is 24.6 Å². The lowest BCUT2D eigenvalue weighted by atomic mass is 9.64. The van der Waals surface area contributed by atoms with E-state index < -0.39 is 5.82 Å². The molecule has 0 aromatic heterocycles. The number of rotatable bonds is 6. The Morgan fingerprint density at radius 2 is 1.96 bits per heavy atom. The number of halogens is 2. The summed E-state index contributed by atoms with van der Waals surface area (Å²) >= 11 is 7.50. The lowest BCUT2D eigenvalue weighted by Gasteiger charge is -2.45. The largest absolute Gasteiger partial charge is 0.322 e. The van der Waals surface area contributed by atoms with Crippen LogP contribution in [0.2, 0.25) is 5.02 Å². The maximum atomic E-state index is 13.3. The van der Waals surface area contributed by atoms with Gasteiger partial charge in [-0.25, -0.2) is 4.39 Å². The van der Waals surface area contributed by atoms with E-state index in [1.54, 1.807) is 24.8 Å². The molecular weight excluding hydrogens is 397 g/mol. The molecule has 0 saturated heterocycles. The van der Waals surface area contributed by atoms with Crippen molar-refractivity contribution in [2.45, 2.75) is 50.2 Å². The van der Waals surface area contributed by atoms with Gasteiger partial charge in [0, 0.05) is 26.8 Å². The van der Waals surface area contributed by atoms with Crippen LogP contribution in [-0.2, 0) is 4.79 Å². The minimum Gasteiger partial charge on any atom is -0.322 e. The number of benzene rings is 2. The molecule has 0 radical (unpaired) electrons. The van der Waals surface area contributed by atoms with Crippen LogP contribution in [0.1, 0.15) is 49.0 Å². The van der Waals surface area contributed by atoms with Crippen LogP contribution in [0.3, 0.4) is 0 Å². The Morgan fingerprint density at radius 1 is 1.25 bits per heavy atom. The van der Waals surface area contributed by atoms with Gasteiger partial charge in [0.25, 0.3) is 5.91 Å². The second-order valence-corrected chi connectivity index (χ2v) is 9.15. The summed E-state index contributed by atoms with van der Waals surface area (Å²) in [6.45, 7) is 5.77. The summed E-state index contributed by atoms with van der Waals surface area (Å²) in [6.07, 6.45) is 2.64. The normalized spacial score (nSPS) is 21.1. The number of carbonyl (C=O) groups is 2. The summed E-state index contributed by atoms with van der Waals surface area (Å²) in [5.74, 6) is -0.526. The van der Waals surface area contributed by atoms with Crippen LogP contribution in [0.4, 0.5) is 10.1 Å². The molecule has 0 aliphatic heterocycles. The Bertz CT molecular complexity index is 925. The number of hydrogen-bond donors (Lipinski definition) is 1. The quantitative estimate of drug-likeness (QED) is 0.599. The molecule has 0 unspecified atom stereocenters. The highest BCUT2D eigenvalue weighted by atomic mass is 35.5. The number of aryl methyl sites for hydroxylation is 1. The molecule has 2 aromatic rings. The summed E-state index contributed by atoms with van der Waals surface area (Å²) in [5, 5.41) is 3.10. The first kappa shape index (κ1) is 20.9. The highest BCUT2D eigenvalue weighted by Gasteiger charge is 2.46. The van der Waals surface area contributed by atoms with Gasteiger partial charge in [0.1, 0.15) is 11.6 Å². The minimum absolute atomic E-state index is 0.0344. The number of carbonyl (C=O) groups excluding carboxylic acids is 2. The van der Waals surface area contributed by atoms with E-state index in [0.717, 1.165) is 29.7 Å². The van der Waals surface area contributed by atoms with Crippen LogP contribution in [0, 0.1) is 18.2 Å². The van der Waals surface area contributed by atoms with Gasteiger partial charge in [0.15, 0.2) is 0 Å². The number of Topliss-reactive ketones (excluding diaryl/α,β-unsaturated/α-hetero) is 1. The van der Waals surface area contributed by atoms with E-state index in [-0.39, 0.29) is 22.1 Å². The van der Waals surface area contributed by atoms with E-state index in [1.807, 2.05) is 19.1 Å². The molecular formula is C22H23ClFNO2S. The molecule has 148 valence electrons. The lowest BCUT2D eigenvalue weighted by Crippen LogP contribution is -2.44. The van der Waals surface area contributed by atoms with Gasteiger partial charge in [-0.05, 0) is 69.0 Å². The molecule has 1 saturated carbocycles. The standard InChI is InChI=1S/C22H23ClFNO2S/c1-4-22(14(3)26)11-17(12-22)28-20-9-15(6-5-13(20)2)21(27)25-16-7-8-19(24)18(23)10-16/h5-10,17H,4,11-12H2,1-3H3,(H,25,27). The summed E-state index contributed by atoms with van der Waals surface area (Å²) in [7, 11) is 0. The number of nitrogens with one attached hydrogen (secondary N) is 1. The number of anilines is 1. The number of ketones is 1. The molecule has 1 fully saturated rings. The topological polar surface area (TPSA) is 46.2 Å². The van der Waals surface area contributed by atoms with E-state index in [0.29, 0.717) is 16.5 Å². The lowest BCUT2D eigenvalue weighted by molar-refractivity contribution is -0.131. The third kappa shape index (κ3) is 4.26. The Labute approximate surface area is 174 Å². The van der Waals surface area contributed by atoms with Gasteiger partial charge in [-0.3, -0.25) is 9.59 Å². The van der Waals surface area contributed by atoms with Gasteiger partial charge in [-0.15, -0.1) is 11.8 Å². The average molecular weight is 420 g/mol. The molecule has 3 rings (SSSR count). The predicted octanol–water partition coefficient (Wildman–Crippen LogP) is 6.28. The average Bonchev–Trinajstić information content (AvgIpc) is 2.62. The summed E-state index contributed by atoms with van der Waals surface area (Å²) < 4.78 is 13.3. The second-order valence-electron chi connectivity index (χ2n) is 7.40. The van der Waals surface area contributed by atoms with E-state index in [1.165, 1.54) is 18.2 Å². The van der Waals surface area contributed by atoms with Gasteiger partial charge in [-0.2, -0.15) is 0 Å². The summed E-state index contributed by atoms with van der Waals surface area (Å²) in [6, 6.07) is 9.65.